The second kappa shape index (κ2) is 5.11. The van der Waals surface area contributed by atoms with Gasteiger partial charge in [-0.3, -0.25) is 0 Å². The minimum Gasteiger partial charge on any atom is -0.384 e. The van der Waals surface area contributed by atoms with Gasteiger partial charge in [0.05, 0.1) is 0 Å². The van der Waals surface area contributed by atoms with E-state index >= 15 is 0 Å². The van der Waals surface area contributed by atoms with E-state index in [9.17, 15) is 0 Å². The molecule has 1 aromatic rings. The molecule has 17 heavy (non-hydrogen) atoms. The van der Waals surface area contributed by atoms with E-state index in [-0.39, 0.29) is 0 Å². The van der Waals surface area contributed by atoms with Crippen LogP contribution in [-0.2, 0) is 0 Å². The molecule has 0 aliphatic rings. The number of nitrogens with zero attached hydrogens (tertiary/aromatic N) is 1. The molecule has 0 spiro atoms. The molecule has 0 saturated heterocycles. The maximum absolute atomic E-state index is 3.42. The first kappa shape index (κ1) is 14.1. The highest BCUT2D eigenvalue weighted by atomic mass is 28.4. The molecule has 0 fully saturated rings. The molecule has 0 heterocycles. The Labute approximate surface area is 108 Å². The quantitative estimate of drug-likeness (QED) is 0.442. The summed E-state index contributed by atoms with van der Waals surface area (Å²) >= 11 is 0. The fraction of sp³-hybridized carbons (Fsp3) is 0.429. The Hall–Kier alpha value is -0.986. The summed E-state index contributed by atoms with van der Waals surface area (Å²) in [6.07, 6.45) is 0. The summed E-state index contributed by atoms with van der Waals surface area (Å²) in [5, 5.41) is 0. The standard InChI is InChI=1S/C14H23NSi2/c1-16(2,3)15(17(4,5)6)13-12-14-10-8-7-9-11-14/h7-11H,1-6H3. The highest BCUT2D eigenvalue weighted by Gasteiger charge is 2.32. The van der Waals surface area contributed by atoms with E-state index in [1.807, 2.05) is 18.2 Å². The molecule has 3 heteroatoms. The predicted molar refractivity (Wildman–Crippen MR) is 81.9 cm³/mol. The van der Waals surface area contributed by atoms with E-state index in [0.29, 0.717) is 0 Å². The zero-order chi connectivity index (χ0) is 13.1. The van der Waals surface area contributed by atoms with Crippen molar-refractivity contribution in [1.29, 1.82) is 0 Å². The van der Waals surface area contributed by atoms with Gasteiger partial charge >= 0.3 is 0 Å². The van der Waals surface area contributed by atoms with Gasteiger partial charge in [-0.15, -0.1) is 0 Å². The van der Waals surface area contributed by atoms with Crippen LogP contribution >= 0.6 is 0 Å². The molecule has 0 aliphatic heterocycles. The van der Waals surface area contributed by atoms with Crippen LogP contribution < -0.4 is 0 Å². The van der Waals surface area contributed by atoms with Crippen LogP contribution in [0, 0.1) is 12.0 Å². The van der Waals surface area contributed by atoms with Gasteiger partial charge < -0.3 is 4.23 Å². The lowest BCUT2D eigenvalue weighted by Gasteiger charge is -2.40. The Balaban J connectivity index is 3.01. The Morgan fingerprint density at radius 3 is 1.71 bits per heavy atom. The average Bonchev–Trinajstić information content (AvgIpc) is 2.15. The first-order valence-corrected chi connectivity index (χ1v) is 13.0. The summed E-state index contributed by atoms with van der Waals surface area (Å²) in [6.45, 7) is 14.2. The fourth-order valence-corrected chi connectivity index (χ4v) is 10.8. The SMILES string of the molecule is C[Si](C)(C)N(C#Cc1ccccc1)[Si](C)(C)C. The molecule has 0 atom stereocenters. The molecule has 0 bridgehead atoms. The van der Waals surface area contributed by atoms with Gasteiger partial charge in [0.25, 0.3) is 0 Å². The predicted octanol–water partition coefficient (Wildman–Crippen LogP) is 3.97. The lowest BCUT2D eigenvalue weighted by Crippen LogP contribution is -2.56. The molecule has 0 unspecified atom stereocenters. The van der Waals surface area contributed by atoms with Gasteiger partial charge in [-0.2, -0.15) is 0 Å². The van der Waals surface area contributed by atoms with Crippen LogP contribution in [0.5, 0.6) is 0 Å². The minimum atomic E-state index is -1.35. The fourth-order valence-electron chi connectivity index (χ4n) is 1.98. The molecule has 1 aromatic carbocycles. The number of hydrogen-bond donors (Lipinski definition) is 0. The van der Waals surface area contributed by atoms with E-state index < -0.39 is 16.5 Å². The molecule has 0 amide bonds. The van der Waals surface area contributed by atoms with Crippen molar-refractivity contribution >= 4 is 16.5 Å². The van der Waals surface area contributed by atoms with Crippen molar-refractivity contribution in [2.24, 2.45) is 0 Å². The van der Waals surface area contributed by atoms with Gasteiger partial charge in [0, 0.05) is 5.56 Å². The third-order valence-corrected chi connectivity index (χ3v) is 9.36. The average molecular weight is 262 g/mol. The van der Waals surface area contributed by atoms with Crippen LogP contribution in [-0.4, -0.2) is 20.7 Å². The first-order chi connectivity index (χ1) is 7.71. The second-order valence-electron chi connectivity index (χ2n) is 6.28. The molecule has 0 aromatic heterocycles. The Bertz CT molecular complexity index is 402. The van der Waals surface area contributed by atoms with Crippen LogP contribution in [0.3, 0.4) is 0 Å². The van der Waals surface area contributed by atoms with Crippen molar-refractivity contribution in [3.63, 3.8) is 0 Å². The van der Waals surface area contributed by atoms with E-state index in [0.717, 1.165) is 5.56 Å². The smallest absolute Gasteiger partial charge is 0.147 e. The van der Waals surface area contributed by atoms with Gasteiger partial charge in [-0.05, 0) is 24.1 Å². The lowest BCUT2D eigenvalue weighted by molar-refractivity contribution is 0.875. The van der Waals surface area contributed by atoms with Crippen LogP contribution in [0.1, 0.15) is 5.56 Å². The van der Waals surface area contributed by atoms with Gasteiger partial charge in [0.2, 0.25) is 0 Å². The Morgan fingerprint density at radius 1 is 0.824 bits per heavy atom. The zero-order valence-electron chi connectivity index (χ0n) is 11.8. The van der Waals surface area contributed by atoms with Crippen molar-refractivity contribution in [3.05, 3.63) is 35.9 Å². The lowest BCUT2D eigenvalue weighted by atomic mass is 10.2. The van der Waals surface area contributed by atoms with E-state index in [1.54, 1.807) is 0 Å². The van der Waals surface area contributed by atoms with Gasteiger partial charge in [-0.25, -0.2) is 0 Å². The largest absolute Gasteiger partial charge is 0.384 e. The normalized spacial score (nSPS) is 11.6. The molecule has 0 radical (unpaired) electrons. The molecular weight excluding hydrogens is 238 g/mol. The van der Waals surface area contributed by atoms with Crippen LogP contribution in [0.2, 0.25) is 39.3 Å². The summed E-state index contributed by atoms with van der Waals surface area (Å²) in [5.41, 5.74) is 1.11. The minimum absolute atomic E-state index is 1.11. The van der Waals surface area contributed by atoms with Gasteiger partial charge in [-0.1, -0.05) is 57.5 Å². The molecule has 1 nitrogen and oxygen atoms in total. The first-order valence-electron chi connectivity index (χ1n) is 6.08. The molecule has 0 saturated carbocycles. The summed E-state index contributed by atoms with van der Waals surface area (Å²) in [6, 6.07) is 13.7. The number of hydrogen-bond acceptors (Lipinski definition) is 1. The van der Waals surface area contributed by atoms with E-state index in [1.165, 1.54) is 0 Å². The summed E-state index contributed by atoms with van der Waals surface area (Å²) in [4.78, 5) is 0. The summed E-state index contributed by atoms with van der Waals surface area (Å²) in [5.74, 6) is 3.30. The molecule has 0 aliphatic carbocycles. The molecular formula is C14H23NSi2. The third kappa shape index (κ3) is 4.41. The zero-order valence-corrected chi connectivity index (χ0v) is 13.8. The van der Waals surface area contributed by atoms with Crippen LogP contribution in [0.4, 0.5) is 0 Å². The van der Waals surface area contributed by atoms with Crippen molar-refractivity contribution in [3.8, 4) is 12.0 Å². The highest BCUT2D eigenvalue weighted by Crippen LogP contribution is 2.18. The van der Waals surface area contributed by atoms with Crippen LogP contribution in [0.15, 0.2) is 30.3 Å². The maximum atomic E-state index is 3.42. The van der Waals surface area contributed by atoms with Crippen molar-refractivity contribution in [1.82, 2.24) is 4.23 Å². The Kier molecular flexibility index (Phi) is 4.23. The second-order valence-corrected chi connectivity index (χ2v) is 16.3. The molecule has 0 N–H and O–H groups in total. The highest BCUT2D eigenvalue weighted by molar-refractivity contribution is 6.90. The van der Waals surface area contributed by atoms with Crippen molar-refractivity contribution < 1.29 is 0 Å². The molecule has 1 rings (SSSR count). The summed E-state index contributed by atoms with van der Waals surface area (Å²) in [7, 11) is -2.71. The van der Waals surface area contributed by atoms with Crippen LogP contribution in [0.25, 0.3) is 0 Å². The maximum Gasteiger partial charge on any atom is 0.147 e. The van der Waals surface area contributed by atoms with Crippen molar-refractivity contribution in [2.75, 3.05) is 0 Å². The topological polar surface area (TPSA) is 3.24 Å². The van der Waals surface area contributed by atoms with Gasteiger partial charge in [0.15, 0.2) is 0 Å². The van der Waals surface area contributed by atoms with E-state index in [2.05, 4.69) is 67.6 Å². The van der Waals surface area contributed by atoms with Crippen molar-refractivity contribution in [2.45, 2.75) is 39.3 Å². The van der Waals surface area contributed by atoms with E-state index in [4.69, 9.17) is 0 Å². The third-order valence-electron chi connectivity index (χ3n) is 2.43. The molecule has 92 valence electrons. The monoisotopic (exact) mass is 261 g/mol. The van der Waals surface area contributed by atoms with Gasteiger partial charge in [0.1, 0.15) is 16.5 Å². The number of rotatable bonds is 2. The Morgan fingerprint density at radius 2 is 1.29 bits per heavy atom. The number of benzene rings is 1. The summed E-state index contributed by atoms with van der Waals surface area (Å²) < 4.78 is 2.49.